The van der Waals surface area contributed by atoms with Crippen LogP contribution in [0, 0.1) is 5.82 Å². The second-order valence-electron chi connectivity index (χ2n) is 7.67. The SMILES string of the molecule is CCC(C)N1Cc2c(NC(C)(C)Cc3ccc(F)cc3)nc(Cl)nc2C1=O. The molecule has 2 heterocycles. The standard InChI is InChI=1S/C20H24ClFN4O/c1-5-12(2)26-11-15-16(18(26)27)23-19(21)24-17(15)25-20(3,4)10-13-6-8-14(22)9-7-13/h6-9,12H,5,10-11H2,1-4H3,(H,23,24,25). The fourth-order valence-electron chi connectivity index (χ4n) is 3.32. The molecule has 144 valence electrons. The van der Waals surface area contributed by atoms with Crippen LogP contribution in [-0.2, 0) is 13.0 Å². The lowest BCUT2D eigenvalue weighted by molar-refractivity contribution is 0.0709. The summed E-state index contributed by atoms with van der Waals surface area (Å²) in [5.41, 5.74) is 1.77. The van der Waals surface area contributed by atoms with Gasteiger partial charge in [-0.15, -0.1) is 0 Å². The molecule has 1 aromatic heterocycles. The van der Waals surface area contributed by atoms with Gasteiger partial charge in [0.2, 0.25) is 5.28 Å². The van der Waals surface area contributed by atoms with Crippen LogP contribution in [0.4, 0.5) is 10.2 Å². The first kappa shape index (κ1) is 19.5. The van der Waals surface area contributed by atoms with Gasteiger partial charge in [0.15, 0.2) is 0 Å². The van der Waals surface area contributed by atoms with Gasteiger partial charge in [0.05, 0.1) is 6.54 Å². The van der Waals surface area contributed by atoms with E-state index in [0.717, 1.165) is 17.5 Å². The van der Waals surface area contributed by atoms with E-state index >= 15 is 0 Å². The summed E-state index contributed by atoms with van der Waals surface area (Å²) in [5, 5.41) is 3.46. The normalized spacial score (nSPS) is 15.0. The van der Waals surface area contributed by atoms with Crippen molar-refractivity contribution in [1.29, 1.82) is 0 Å². The number of amides is 1. The van der Waals surface area contributed by atoms with Gasteiger partial charge in [-0.05, 0) is 62.9 Å². The number of aromatic nitrogens is 2. The van der Waals surface area contributed by atoms with E-state index in [1.807, 2.05) is 27.7 Å². The topological polar surface area (TPSA) is 58.1 Å². The summed E-state index contributed by atoms with van der Waals surface area (Å²) in [4.78, 5) is 23.0. The Kier molecular flexibility index (Phi) is 5.38. The molecule has 0 aliphatic carbocycles. The van der Waals surface area contributed by atoms with Crippen molar-refractivity contribution in [2.24, 2.45) is 0 Å². The van der Waals surface area contributed by atoms with Crippen molar-refractivity contribution in [3.8, 4) is 0 Å². The second kappa shape index (κ2) is 7.43. The molecule has 1 atom stereocenters. The molecular formula is C20H24ClFN4O. The lowest BCUT2D eigenvalue weighted by atomic mass is 9.94. The largest absolute Gasteiger partial charge is 0.364 e. The Balaban J connectivity index is 1.87. The highest BCUT2D eigenvalue weighted by Crippen LogP contribution is 2.32. The van der Waals surface area contributed by atoms with Crippen LogP contribution in [0.15, 0.2) is 24.3 Å². The number of halogens is 2. The van der Waals surface area contributed by atoms with Crippen LogP contribution in [0.2, 0.25) is 5.28 Å². The Morgan fingerprint density at radius 2 is 1.96 bits per heavy atom. The molecule has 1 aliphatic rings. The maximum Gasteiger partial charge on any atom is 0.273 e. The molecule has 7 heteroatoms. The van der Waals surface area contributed by atoms with E-state index in [9.17, 15) is 9.18 Å². The van der Waals surface area contributed by atoms with Gasteiger partial charge < -0.3 is 10.2 Å². The van der Waals surface area contributed by atoms with Crippen LogP contribution >= 0.6 is 11.6 Å². The Morgan fingerprint density at radius 1 is 1.30 bits per heavy atom. The third-order valence-electron chi connectivity index (χ3n) is 4.91. The molecule has 1 amide bonds. The number of hydrogen-bond acceptors (Lipinski definition) is 4. The van der Waals surface area contributed by atoms with E-state index < -0.39 is 0 Å². The first-order valence-electron chi connectivity index (χ1n) is 9.10. The van der Waals surface area contributed by atoms with Gasteiger partial charge in [-0.2, -0.15) is 0 Å². The lowest BCUT2D eigenvalue weighted by Crippen LogP contribution is -2.34. The fourth-order valence-corrected chi connectivity index (χ4v) is 3.49. The predicted molar refractivity (Wildman–Crippen MR) is 104 cm³/mol. The number of carbonyl (C=O) groups is 1. The van der Waals surface area contributed by atoms with Gasteiger partial charge in [-0.3, -0.25) is 4.79 Å². The zero-order valence-electron chi connectivity index (χ0n) is 16.0. The van der Waals surface area contributed by atoms with Crippen molar-refractivity contribution in [2.75, 3.05) is 5.32 Å². The molecule has 0 saturated carbocycles. The van der Waals surface area contributed by atoms with Crippen molar-refractivity contribution in [3.63, 3.8) is 0 Å². The Bertz CT molecular complexity index is 854. The maximum atomic E-state index is 13.1. The van der Waals surface area contributed by atoms with E-state index in [0.29, 0.717) is 24.5 Å². The van der Waals surface area contributed by atoms with Gasteiger partial charge in [0, 0.05) is 17.1 Å². The minimum atomic E-state index is -0.379. The van der Waals surface area contributed by atoms with E-state index in [2.05, 4.69) is 15.3 Å². The number of fused-ring (bicyclic) bond motifs is 1. The molecular weight excluding hydrogens is 367 g/mol. The predicted octanol–water partition coefficient (Wildman–Crippen LogP) is 4.46. The first-order valence-corrected chi connectivity index (χ1v) is 9.48. The number of benzene rings is 1. The molecule has 1 aliphatic heterocycles. The summed E-state index contributed by atoms with van der Waals surface area (Å²) in [5.74, 6) is 0.216. The van der Waals surface area contributed by atoms with Crippen molar-refractivity contribution in [1.82, 2.24) is 14.9 Å². The first-order chi connectivity index (χ1) is 12.7. The van der Waals surface area contributed by atoms with Crippen LogP contribution in [0.1, 0.15) is 55.7 Å². The van der Waals surface area contributed by atoms with Crippen LogP contribution in [0.5, 0.6) is 0 Å². The molecule has 0 radical (unpaired) electrons. The summed E-state index contributed by atoms with van der Waals surface area (Å²) < 4.78 is 13.1. The molecule has 0 spiro atoms. The van der Waals surface area contributed by atoms with Crippen LogP contribution < -0.4 is 5.32 Å². The van der Waals surface area contributed by atoms with Crippen LogP contribution in [0.3, 0.4) is 0 Å². The summed E-state index contributed by atoms with van der Waals surface area (Å²) in [6, 6.07) is 6.56. The zero-order chi connectivity index (χ0) is 19.8. The smallest absolute Gasteiger partial charge is 0.273 e. The minimum absolute atomic E-state index is 0.0492. The fraction of sp³-hybridized carbons (Fsp3) is 0.450. The van der Waals surface area contributed by atoms with Crippen molar-refractivity contribution >= 4 is 23.3 Å². The van der Waals surface area contributed by atoms with Crippen molar-refractivity contribution in [2.45, 2.75) is 58.7 Å². The highest BCUT2D eigenvalue weighted by Gasteiger charge is 2.35. The molecule has 2 aromatic rings. The zero-order valence-corrected chi connectivity index (χ0v) is 16.8. The minimum Gasteiger partial charge on any atom is -0.364 e. The summed E-state index contributed by atoms with van der Waals surface area (Å²) in [6.07, 6.45) is 1.52. The van der Waals surface area contributed by atoms with E-state index in [-0.39, 0.29) is 28.6 Å². The molecule has 1 aromatic carbocycles. The molecule has 0 bridgehead atoms. The Morgan fingerprint density at radius 3 is 2.59 bits per heavy atom. The highest BCUT2D eigenvalue weighted by molar-refractivity contribution is 6.28. The number of nitrogens with zero attached hydrogens (tertiary/aromatic N) is 3. The summed E-state index contributed by atoms with van der Waals surface area (Å²) in [7, 11) is 0. The Labute approximate surface area is 164 Å². The van der Waals surface area contributed by atoms with E-state index in [1.54, 1.807) is 17.0 Å². The lowest BCUT2D eigenvalue weighted by Gasteiger charge is -2.28. The quantitative estimate of drug-likeness (QED) is 0.740. The number of carbonyl (C=O) groups excluding carboxylic acids is 1. The van der Waals surface area contributed by atoms with Crippen molar-refractivity contribution < 1.29 is 9.18 Å². The van der Waals surface area contributed by atoms with Crippen LogP contribution in [0.25, 0.3) is 0 Å². The molecule has 1 N–H and O–H groups in total. The molecule has 1 unspecified atom stereocenters. The molecule has 3 rings (SSSR count). The molecule has 5 nitrogen and oxygen atoms in total. The van der Waals surface area contributed by atoms with Crippen molar-refractivity contribution in [3.05, 3.63) is 52.2 Å². The number of rotatable bonds is 6. The van der Waals surface area contributed by atoms with Gasteiger partial charge in [-0.1, -0.05) is 19.1 Å². The van der Waals surface area contributed by atoms with Crippen LogP contribution in [-0.4, -0.2) is 32.4 Å². The summed E-state index contributed by atoms with van der Waals surface area (Å²) in [6.45, 7) is 8.59. The average Bonchev–Trinajstić information content (AvgIpc) is 2.93. The monoisotopic (exact) mass is 390 g/mol. The average molecular weight is 391 g/mol. The number of nitrogens with one attached hydrogen (secondary N) is 1. The van der Waals surface area contributed by atoms with Gasteiger partial charge in [-0.25, -0.2) is 14.4 Å². The number of hydrogen-bond donors (Lipinski definition) is 1. The van der Waals surface area contributed by atoms with Gasteiger partial charge >= 0.3 is 0 Å². The molecule has 0 saturated heterocycles. The maximum absolute atomic E-state index is 13.1. The third-order valence-corrected chi connectivity index (χ3v) is 5.08. The number of anilines is 1. The van der Waals surface area contributed by atoms with Gasteiger partial charge in [0.1, 0.15) is 17.3 Å². The highest BCUT2D eigenvalue weighted by atomic mass is 35.5. The van der Waals surface area contributed by atoms with E-state index in [4.69, 9.17) is 11.6 Å². The molecule has 0 fully saturated rings. The summed E-state index contributed by atoms with van der Waals surface area (Å²) >= 11 is 6.09. The third kappa shape index (κ3) is 4.21. The molecule has 27 heavy (non-hydrogen) atoms. The Hall–Kier alpha value is -2.21. The second-order valence-corrected chi connectivity index (χ2v) is 8.01. The van der Waals surface area contributed by atoms with E-state index in [1.165, 1.54) is 12.1 Å². The van der Waals surface area contributed by atoms with Gasteiger partial charge in [0.25, 0.3) is 5.91 Å².